The largest absolute Gasteiger partial charge is 0.373 e. The Morgan fingerprint density at radius 1 is 1.54 bits per heavy atom. The van der Waals surface area contributed by atoms with E-state index in [0.717, 1.165) is 26.2 Å². The van der Waals surface area contributed by atoms with Crippen LogP contribution in [0.15, 0.2) is 0 Å². The van der Waals surface area contributed by atoms with Crippen LogP contribution in [0.25, 0.3) is 0 Å². The Bertz CT molecular complexity index is 189. The van der Waals surface area contributed by atoms with Crippen molar-refractivity contribution in [3.8, 4) is 0 Å². The fraction of sp³-hybridized carbons (Fsp3) is 0.900. The van der Waals surface area contributed by atoms with Crippen molar-refractivity contribution in [2.45, 2.75) is 32.8 Å². The molecule has 0 aromatic heterocycles. The van der Waals surface area contributed by atoms with Crippen molar-refractivity contribution in [1.29, 1.82) is 0 Å². The number of nitrogens with zero attached hydrogens (tertiary/aromatic N) is 1. The molecular weight excluding hydrogens is 166 g/mol. The number of hydrogen-bond acceptors (Lipinski definition) is 3. The molecular formula is C10H19NO2. The number of ketones is 1. The lowest BCUT2D eigenvalue weighted by atomic mass is 10.1. The molecule has 0 N–H and O–H groups in total. The summed E-state index contributed by atoms with van der Waals surface area (Å²) in [7, 11) is 0. The van der Waals surface area contributed by atoms with E-state index in [2.05, 4.69) is 18.7 Å². The second-order valence-corrected chi connectivity index (χ2v) is 4.34. The van der Waals surface area contributed by atoms with E-state index in [1.54, 1.807) is 6.92 Å². The molecule has 0 aromatic carbocycles. The average Bonchev–Trinajstić information content (AvgIpc) is 1.99. The molecule has 0 aliphatic carbocycles. The van der Waals surface area contributed by atoms with E-state index in [0.29, 0.717) is 6.42 Å². The van der Waals surface area contributed by atoms with Crippen molar-refractivity contribution in [1.82, 2.24) is 4.90 Å². The SMILES string of the molecule is CC(=O)CCN1CCOC(C)(C)C1. The van der Waals surface area contributed by atoms with Crippen molar-refractivity contribution < 1.29 is 9.53 Å². The van der Waals surface area contributed by atoms with E-state index in [4.69, 9.17) is 4.74 Å². The van der Waals surface area contributed by atoms with E-state index in [1.807, 2.05) is 0 Å². The first-order valence-electron chi connectivity index (χ1n) is 4.85. The van der Waals surface area contributed by atoms with Gasteiger partial charge in [-0.25, -0.2) is 0 Å². The first kappa shape index (κ1) is 10.7. The van der Waals surface area contributed by atoms with Crippen molar-refractivity contribution in [2.75, 3.05) is 26.2 Å². The van der Waals surface area contributed by atoms with Crippen molar-refractivity contribution in [3.05, 3.63) is 0 Å². The third-order valence-corrected chi connectivity index (χ3v) is 2.28. The highest BCUT2D eigenvalue weighted by molar-refractivity contribution is 5.75. The van der Waals surface area contributed by atoms with E-state index in [-0.39, 0.29) is 11.4 Å². The Morgan fingerprint density at radius 3 is 2.77 bits per heavy atom. The molecule has 0 saturated carbocycles. The van der Waals surface area contributed by atoms with Gasteiger partial charge in [0, 0.05) is 26.1 Å². The fourth-order valence-corrected chi connectivity index (χ4v) is 1.62. The second-order valence-electron chi connectivity index (χ2n) is 4.34. The normalized spacial score (nSPS) is 23.0. The number of carbonyl (C=O) groups is 1. The van der Waals surface area contributed by atoms with Gasteiger partial charge in [0.2, 0.25) is 0 Å². The minimum absolute atomic E-state index is 0.0466. The summed E-state index contributed by atoms with van der Waals surface area (Å²) in [6, 6.07) is 0. The lowest BCUT2D eigenvalue weighted by Crippen LogP contribution is -2.48. The zero-order chi connectivity index (χ0) is 9.90. The quantitative estimate of drug-likeness (QED) is 0.659. The van der Waals surface area contributed by atoms with Crippen LogP contribution in [-0.2, 0) is 9.53 Å². The highest BCUT2D eigenvalue weighted by atomic mass is 16.5. The van der Waals surface area contributed by atoms with E-state index in [9.17, 15) is 4.79 Å². The molecule has 1 fully saturated rings. The Balaban J connectivity index is 2.30. The summed E-state index contributed by atoms with van der Waals surface area (Å²) in [6.07, 6.45) is 0.663. The maximum Gasteiger partial charge on any atom is 0.131 e. The highest BCUT2D eigenvalue weighted by Gasteiger charge is 2.26. The van der Waals surface area contributed by atoms with Crippen LogP contribution in [0.4, 0.5) is 0 Å². The van der Waals surface area contributed by atoms with Crippen LogP contribution >= 0.6 is 0 Å². The van der Waals surface area contributed by atoms with Gasteiger partial charge in [-0.15, -0.1) is 0 Å². The summed E-state index contributed by atoms with van der Waals surface area (Å²) in [6.45, 7) is 9.37. The molecule has 0 unspecified atom stereocenters. The van der Waals surface area contributed by atoms with Gasteiger partial charge in [0.25, 0.3) is 0 Å². The first-order chi connectivity index (χ1) is 5.99. The van der Waals surface area contributed by atoms with Crippen LogP contribution in [0, 0.1) is 0 Å². The Hall–Kier alpha value is -0.410. The summed E-state index contributed by atoms with van der Waals surface area (Å²) in [5.74, 6) is 0.268. The van der Waals surface area contributed by atoms with E-state index >= 15 is 0 Å². The molecule has 1 rings (SSSR count). The van der Waals surface area contributed by atoms with E-state index < -0.39 is 0 Å². The second kappa shape index (κ2) is 4.20. The van der Waals surface area contributed by atoms with Crippen molar-refractivity contribution in [2.24, 2.45) is 0 Å². The molecule has 0 bridgehead atoms. The lowest BCUT2D eigenvalue weighted by Gasteiger charge is -2.38. The summed E-state index contributed by atoms with van der Waals surface area (Å²) < 4.78 is 5.58. The zero-order valence-corrected chi connectivity index (χ0v) is 8.80. The van der Waals surface area contributed by atoms with Gasteiger partial charge >= 0.3 is 0 Å². The zero-order valence-electron chi connectivity index (χ0n) is 8.80. The summed E-state index contributed by atoms with van der Waals surface area (Å²) >= 11 is 0. The average molecular weight is 185 g/mol. The first-order valence-corrected chi connectivity index (χ1v) is 4.85. The van der Waals surface area contributed by atoms with Gasteiger partial charge in [-0.3, -0.25) is 9.69 Å². The fourth-order valence-electron chi connectivity index (χ4n) is 1.62. The predicted molar refractivity (Wildman–Crippen MR) is 51.8 cm³/mol. The van der Waals surface area contributed by atoms with Gasteiger partial charge in [-0.1, -0.05) is 0 Å². The van der Waals surface area contributed by atoms with Gasteiger partial charge in [0.05, 0.1) is 12.2 Å². The number of Topliss-reactive ketones (excluding diaryl/α,β-unsaturated/α-hetero) is 1. The molecule has 3 nitrogen and oxygen atoms in total. The van der Waals surface area contributed by atoms with Crippen LogP contribution in [0.3, 0.4) is 0 Å². The molecule has 1 heterocycles. The van der Waals surface area contributed by atoms with Gasteiger partial charge in [0.15, 0.2) is 0 Å². The molecule has 1 aliphatic rings. The van der Waals surface area contributed by atoms with Crippen molar-refractivity contribution >= 4 is 5.78 Å². The smallest absolute Gasteiger partial charge is 0.131 e. The predicted octanol–water partition coefficient (Wildman–Crippen LogP) is 1.08. The topological polar surface area (TPSA) is 29.5 Å². The van der Waals surface area contributed by atoms with Crippen LogP contribution in [0.5, 0.6) is 0 Å². The molecule has 3 heteroatoms. The molecule has 0 amide bonds. The third-order valence-electron chi connectivity index (χ3n) is 2.28. The van der Waals surface area contributed by atoms with Gasteiger partial charge in [-0.2, -0.15) is 0 Å². The van der Waals surface area contributed by atoms with Gasteiger partial charge < -0.3 is 4.74 Å². The molecule has 0 radical (unpaired) electrons. The number of hydrogen-bond donors (Lipinski definition) is 0. The summed E-state index contributed by atoms with van der Waals surface area (Å²) in [4.78, 5) is 13.1. The number of ether oxygens (including phenoxy) is 1. The molecule has 13 heavy (non-hydrogen) atoms. The lowest BCUT2D eigenvalue weighted by molar-refractivity contribution is -0.119. The summed E-state index contributed by atoms with van der Waals surface area (Å²) in [5.41, 5.74) is -0.0466. The molecule has 1 aliphatic heterocycles. The molecule has 0 atom stereocenters. The number of morpholine rings is 1. The number of rotatable bonds is 3. The van der Waals surface area contributed by atoms with Crippen LogP contribution < -0.4 is 0 Å². The maximum absolute atomic E-state index is 10.8. The minimum Gasteiger partial charge on any atom is -0.373 e. The van der Waals surface area contributed by atoms with Gasteiger partial charge in [0.1, 0.15) is 5.78 Å². The Labute approximate surface area is 80.1 Å². The standard InChI is InChI=1S/C10H19NO2/c1-9(12)4-5-11-6-7-13-10(2,3)8-11/h4-8H2,1-3H3. The minimum atomic E-state index is -0.0466. The summed E-state index contributed by atoms with van der Waals surface area (Å²) in [5, 5.41) is 0. The number of carbonyl (C=O) groups excluding carboxylic acids is 1. The molecule has 1 saturated heterocycles. The maximum atomic E-state index is 10.8. The molecule has 0 spiro atoms. The van der Waals surface area contributed by atoms with Crippen LogP contribution in [-0.4, -0.2) is 42.5 Å². The Morgan fingerprint density at radius 2 is 2.23 bits per heavy atom. The van der Waals surface area contributed by atoms with Crippen molar-refractivity contribution in [3.63, 3.8) is 0 Å². The molecule has 0 aromatic rings. The molecule has 76 valence electrons. The van der Waals surface area contributed by atoms with E-state index in [1.165, 1.54) is 0 Å². The third kappa shape index (κ3) is 3.87. The van der Waals surface area contributed by atoms with Gasteiger partial charge in [-0.05, 0) is 20.8 Å². The van der Waals surface area contributed by atoms with Crippen LogP contribution in [0.2, 0.25) is 0 Å². The monoisotopic (exact) mass is 185 g/mol. The Kier molecular flexibility index (Phi) is 3.45. The highest BCUT2D eigenvalue weighted by Crippen LogP contribution is 2.16. The van der Waals surface area contributed by atoms with Crippen LogP contribution in [0.1, 0.15) is 27.2 Å².